The Hall–Kier alpha value is -2.78. The van der Waals surface area contributed by atoms with Gasteiger partial charge in [-0.05, 0) is 12.1 Å². The predicted molar refractivity (Wildman–Crippen MR) is 103 cm³/mol. The van der Waals surface area contributed by atoms with Crippen LogP contribution in [0, 0.1) is 0 Å². The van der Waals surface area contributed by atoms with Crippen LogP contribution in [0.2, 0.25) is 0 Å². The van der Waals surface area contributed by atoms with Crippen LogP contribution < -0.4 is 0 Å². The van der Waals surface area contributed by atoms with E-state index in [1.54, 1.807) is 16.3 Å². The normalized spacial score (nSPS) is 11.7. The van der Waals surface area contributed by atoms with Crippen LogP contribution in [0.4, 0.5) is 0 Å². The molecule has 3 heterocycles. The first-order chi connectivity index (χ1) is 13.0. The Bertz CT molecular complexity index is 1160. The summed E-state index contributed by atoms with van der Waals surface area (Å²) >= 11 is 1.40. The molecular formula is C18H16N4O3S2. The third-order valence-corrected chi connectivity index (χ3v) is 6.22. The van der Waals surface area contributed by atoms with Crippen molar-refractivity contribution in [2.45, 2.75) is 11.5 Å². The average molecular weight is 400 g/mol. The van der Waals surface area contributed by atoms with E-state index in [1.807, 2.05) is 43.6 Å². The molecule has 0 atom stereocenters. The van der Waals surface area contributed by atoms with Gasteiger partial charge in [0.15, 0.2) is 9.84 Å². The van der Waals surface area contributed by atoms with Crippen molar-refractivity contribution in [1.82, 2.24) is 19.7 Å². The molecular weight excluding hydrogens is 384 g/mol. The lowest BCUT2D eigenvalue weighted by Crippen LogP contribution is -2.08. The first kappa shape index (κ1) is 17.6. The summed E-state index contributed by atoms with van der Waals surface area (Å²) in [7, 11) is -1.60. The number of nitrogens with zero attached hydrogens (tertiary/aromatic N) is 4. The molecule has 0 N–H and O–H groups in total. The maximum atomic E-state index is 12.5. The van der Waals surface area contributed by atoms with Gasteiger partial charge in [0.05, 0.1) is 29.1 Å². The van der Waals surface area contributed by atoms with E-state index < -0.39 is 9.84 Å². The van der Waals surface area contributed by atoms with Gasteiger partial charge in [-0.15, -0.1) is 11.3 Å². The fraction of sp³-hybridized carbons (Fsp3) is 0.167. The van der Waals surface area contributed by atoms with Crippen LogP contribution in [0.15, 0.2) is 58.8 Å². The molecule has 27 heavy (non-hydrogen) atoms. The molecule has 138 valence electrons. The number of sulfone groups is 1. The Labute approximate surface area is 160 Å². The van der Waals surface area contributed by atoms with Crippen molar-refractivity contribution in [2.75, 3.05) is 0 Å². The number of aromatic nitrogens is 4. The molecule has 0 bridgehead atoms. The van der Waals surface area contributed by atoms with E-state index in [9.17, 15) is 8.42 Å². The van der Waals surface area contributed by atoms with E-state index in [0.29, 0.717) is 17.3 Å². The zero-order valence-corrected chi connectivity index (χ0v) is 16.1. The first-order valence-corrected chi connectivity index (χ1v) is 10.8. The Balaban J connectivity index is 1.47. The van der Waals surface area contributed by atoms with Crippen molar-refractivity contribution in [1.29, 1.82) is 0 Å². The molecule has 9 heteroatoms. The van der Waals surface area contributed by atoms with Gasteiger partial charge in [0.1, 0.15) is 11.3 Å². The monoisotopic (exact) mass is 400 g/mol. The molecule has 1 aromatic carbocycles. The van der Waals surface area contributed by atoms with Crippen LogP contribution in [-0.2, 0) is 28.4 Å². The summed E-state index contributed by atoms with van der Waals surface area (Å²) in [6, 6.07) is 9.36. The lowest BCUT2D eigenvalue weighted by molar-refractivity contribution is 0.571. The molecule has 0 aliphatic heterocycles. The van der Waals surface area contributed by atoms with Gasteiger partial charge in [0.2, 0.25) is 5.89 Å². The second kappa shape index (κ2) is 7.09. The van der Waals surface area contributed by atoms with E-state index >= 15 is 0 Å². The van der Waals surface area contributed by atoms with Crippen LogP contribution in [0.25, 0.3) is 22.0 Å². The van der Waals surface area contributed by atoms with E-state index in [2.05, 4.69) is 15.1 Å². The zero-order chi connectivity index (χ0) is 18.9. The standard InChI is InChI=1S/C18H16N4O3S2/c1-22-8-14(7-19-22)18-21-16(10-26-18)12-27(23,24)11-15-9-25-17(20-15)13-5-3-2-4-6-13/h2-10H,11-12H2,1H3. The maximum Gasteiger partial charge on any atom is 0.226 e. The molecule has 0 aliphatic carbocycles. The van der Waals surface area contributed by atoms with Gasteiger partial charge in [-0.25, -0.2) is 18.4 Å². The minimum atomic E-state index is -3.42. The van der Waals surface area contributed by atoms with Crippen LogP contribution in [-0.4, -0.2) is 28.2 Å². The highest BCUT2D eigenvalue weighted by Gasteiger charge is 2.19. The Morgan fingerprint density at radius 3 is 2.59 bits per heavy atom. The van der Waals surface area contributed by atoms with Crippen molar-refractivity contribution in [3.05, 3.63) is 65.8 Å². The van der Waals surface area contributed by atoms with Crippen LogP contribution in [0.1, 0.15) is 11.4 Å². The average Bonchev–Trinajstić information content (AvgIpc) is 3.36. The van der Waals surface area contributed by atoms with Gasteiger partial charge >= 0.3 is 0 Å². The summed E-state index contributed by atoms with van der Waals surface area (Å²) in [5.41, 5.74) is 2.58. The van der Waals surface area contributed by atoms with E-state index in [1.165, 1.54) is 17.6 Å². The molecule has 4 aromatic rings. The molecule has 4 rings (SSSR count). The summed E-state index contributed by atoms with van der Waals surface area (Å²) < 4.78 is 32.2. The fourth-order valence-electron chi connectivity index (χ4n) is 2.63. The van der Waals surface area contributed by atoms with Crippen LogP contribution >= 0.6 is 11.3 Å². The molecule has 0 aliphatic rings. The summed E-state index contributed by atoms with van der Waals surface area (Å²) in [6.45, 7) is 0. The minimum Gasteiger partial charge on any atom is -0.444 e. The van der Waals surface area contributed by atoms with Gasteiger partial charge < -0.3 is 4.42 Å². The lowest BCUT2D eigenvalue weighted by Gasteiger charge is -1.99. The third-order valence-electron chi connectivity index (χ3n) is 3.81. The molecule has 0 fully saturated rings. The second-order valence-electron chi connectivity index (χ2n) is 6.09. The van der Waals surface area contributed by atoms with Crippen LogP contribution in [0.3, 0.4) is 0 Å². The molecule has 3 aromatic heterocycles. The zero-order valence-electron chi connectivity index (χ0n) is 14.4. The Kier molecular flexibility index (Phi) is 4.63. The van der Waals surface area contributed by atoms with Crippen molar-refractivity contribution in [2.24, 2.45) is 7.05 Å². The number of aryl methyl sites for hydroxylation is 1. The molecule has 0 unspecified atom stereocenters. The van der Waals surface area contributed by atoms with Gasteiger partial charge in [0.25, 0.3) is 0 Å². The van der Waals surface area contributed by atoms with Gasteiger partial charge in [0, 0.05) is 29.8 Å². The van der Waals surface area contributed by atoms with Crippen molar-refractivity contribution in [3.63, 3.8) is 0 Å². The van der Waals surface area contributed by atoms with Gasteiger partial charge in [-0.2, -0.15) is 5.10 Å². The van der Waals surface area contributed by atoms with E-state index in [-0.39, 0.29) is 11.5 Å². The van der Waals surface area contributed by atoms with Crippen molar-refractivity contribution >= 4 is 21.2 Å². The highest BCUT2D eigenvalue weighted by Crippen LogP contribution is 2.25. The quantitative estimate of drug-likeness (QED) is 0.493. The SMILES string of the molecule is Cn1cc(-c2nc(CS(=O)(=O)Cc3coc(-c4ccccc4)n3)cs2)cn1. The van der Waals surface area contributed by atoms with Crippen LogP contribution in [0.5, 0.6) is 0 Å². The van der Waals surface area contributed by atoms with Gasteiger partial charge in [-0.3, -0.25) is 4.68 Å². The topological polar surface area (TPSA) is 90.9 Å². The summed E-state index contributed by atoms with van der Waals surface area (Å²) in [5, 5.41) is 6.62. The lowest BCUT2D eigenvalue weighted by atomic mass is 10.2. The summed E-state index contributed by atoms with van der Waals surface area (Å²) in [4.78, 5) is 8.70. The number of oxazole rings is 1. The summed E-state index contributed by atoms with van der Waals surface area (Å²) in [5.74, 6) is 0.0775. The van der Waals surface area contributed by atoms with E-state index in [0.717, 1.165) is 16.1 Å². The van der Waals surface area contributed by atoms with Crippen molar-refractivity contribution in [3.8, 4) is 22.0 Å². The Morgan fingerprint density at radius 1 is 1.07 bits per heavy atom. The molecule has 0 radical (unpaired) electrons. The van der Waals surface area contributed by atoms with Gasteiger partial charge in [-0.1, -0.05) is 18.2 Å². The number of hydrogen-bond acceptors (Lipinski definition) is 7. The molecule has 0 amide bonds. The smallest absolute Gasteiger partial charge is 0.226 e. The highest BCUT2D eigenvalue weighted by molar-refractivity contribution is 7.89. The number of hydrogen-bond donors (Lipinski definition) is 0. The summed E-state index contributed by atoms with van der Waals surface area (Å²) in [6.07, 6.45) is 4.94. The molecule has 0 saturated carbocycles. The molecule has 0 saturated heterocycles. The first-order valence-electron chi connectivity index (χ1n) is 8.12. The largest absolute Gasteiger partial charge is 0.444 e. The van der Waals surface area contributed by atoms with Crippen molar-refractivity contribution < 1.29 is 12.8 Å². The highest BCUT2D eigenvalue weighted by atomic mass is 32.2. The number of benzene rings is 1. The van der Waals surface area contributed by atoms with E-state index in [4.69, 9.17) is 4.42 Å². The third kappa shape index (κ3) is 4.15. The minimum absolute atomic E-state index is 0.142. The predicted octanol–water partition coefficient (Wildman–Crippen LogP) is 3.31. The fourth-order valence-corrected chi connectivity index (χ4v) is 4.81. The Morgan fingerprint density at radius 2 is 1.85 bits per heavy atom. The molecule has 0 spiro atoms. The maximum absolute atomic E-state index is 12.5. The molecule has 7 nitrogen and oxygen atoms in total. The number of rotatable bonds is 6. The second-order valence-corrected chi connectivity index (χ2v) is 9.01. The number of thiazole rings is 1.